The molecular formula is C13H21N3OSi. The van der Waals surface area contributed by atoms with Gasteiger partial charge in [0.25, 0.3) is 0 Å². The van der Waals surface area contributed by atoms with E-state index in [9.17, 15) is 0 Å². The molecule has 1 unspecified atom stereocenters. The zero-order chi connectivity index (χ0) is 13.2. The number of nitrogens with one attached hydrogen (secondary N) is 1. The highest BCUT2D eigenvalue weighted by atomic mass is 28.3. The van der Waals surface area contributed by atoms with Gasteiger partial charge >= 0.3 is 0 Å². The molecule has 5 heteroatoms. The minimum absolute atomic E-state index is 0.0472. The van der Waals surface area contributed by atoms with E-state index in [4.69, 9.17) is 4.74 Å². The molecule has 0 saturated carbocycles. The summed E-state index contributed by atoms with van der Waals surface area (Å²) in [6.07, 6.45) is 3.67. The Balaban J connectivity index is 1.97. The molecule has 98 valence electrons. The highest BCUT2D eigenvalue weighted by Gasteiger charge is 2.15. The van der Waals surface area contributed by atoms with Gasteiger partial charge in [-0.2, -0.15) is 0 Å². The van der Waals surface area contributed by atoms with Crippen molar-refractivity contribution < 1.29 is 4.74 Å². The Bertz CT molecular complexity index is 518. The van der Waals surface area contributed by atoms with E-state index < -0.39 is 8.07 Å². The van der Waals surface area contributed by atoms with Crippen LogP contribution in [0.2, 0.25) is 25.7 Å². The summed E-state index contributed by atoms with van der Waals surface area (Å²) in [4.78, 5) is 11.9. The van der Waals surface area contributed by atoms with Crippen molar-refractivity contribution in [3.8, 4) is 0 Å². The van der Waals surface area contributed by atoms with E-state index in [0.29, 0.717) is 0 Å². The molecule has 0 radical (unpaired) electrons. The molecule has 0 aliphatic heterocycles. The maximum Gasteiger partial charge on any atom is 0.159 e. The summed E-state index contributed by atoms with van der Waals surface area (Å²) < 4.78 is 5.83. The number of fused-ring (bicyclic) bond motifs is 1. The summed E-state index contributed by atoms with van der Waals surface area (Å²) in [7, 11) is -1.03. The van der Waals surface area contributed by atoms with Crippen molar-refractivity contribution in [3.63, 3.8) is 0 Å². The smallest absolute Gasteiger partial charge is 0.159 e. The molecule has 2 aromatic rings. The molecular weight excluding hydrogens is 242 g/mol. The molecule has 0 aromatic carbocycles. The highest BCUT2D eigenvalue weighted by molar-refractivity contribution is 6.76. The molecule has 2 heterocycles. The van der Waals surface area contributed by atoms with Crippen molar-refractivity contribution in [2.24, 2.45) is 0 Å². The van der Waals surface area contributed by atoms with Crippen LogP contribution in [0, 0.1) is 0 Å². The maximum absolute atomic E-state index is 5.83. The summed E-state index contributed by atoms with van der Waals surface area (Å²) in [5, 5.41) is 1.04. The van der Waals surface area contributed by atoms with Gasteiger partial charge in [-0.3, -0.25) is 0 Å². The molecule has 1 atom stereocenters. The van der Waals surface area contributed by atoms with Gasteiger partial charge in [-0.15, -0.1) is 0 Å². The molecule has 0 saturated heterocycles. The van der Waals surface area contributed by atoms with Crippen molar-refractivity contribution in [1.82, 2.24) is 15.0 Å². The Hall–Kier alpha value is -1.20. The third-order valence-corrected chi connectivity index (χ3v) is 4.61. The van der Waals surface area contributed by atoms with Crippen molar-refractivity contribution in [1.29, 1.82) is 0 Å². The van der Waals surface area contributed by atoms with Crippen molar-refractivity contribution in [2.75, 3.05) is 6.61 Å². The van der Waals surface area contributed by atoms with Crippen LogP contribution in [0.15, 0.2) is 18.5 Å². The zero-order valence-electron chi connectivity index (χ0n) is 11.5. The first-order chi connectivity index (χ1) is 8.46. The first-order valence-corrected chi connectivity index (χ1v) is 10.1. The maximum atomic E-state index is 5.83. The number of ether oxygens (including phenoxy) is 1. The van der Waals surface area contributed by atoms with E-state index in [0.717, 1.165) is 23.5 Å². The lowest BCUT2D eigenvalue weighted by atomic mass is 10.3. The number of hydrogen-bond donors (Lipinski definition) is 1. The topological polar surface area (TPSA) is 50.8 Å². The molecule has 0 bridgehead atoms. The zero-order valence-corrected chi connectivity index (χ0v) is 12.5. The second kappa shape index (κ2) is 5.20. The minimum Gasteiger partial charge on any atom is -0.371 e. The lowest BCUT2D eigenvalue weighted by molar-refractivity contribution is 0.0697. The first-order valence-electron chi connectivity index (χ1n) is 6.37. The number of nitrogens with zero attached hydrogens (tertiary/aromatic N) is 2. The van der Waals surface area contributed by atoms with Crippen LogP contribution in [0.5, 0.6) is 0 Å². The highest BCUT2D eigenvalue weighted by Crippen LogP contribution is 2.17. The van der Waals surface area contributed by atoms with Crippen LogP contribution in [0.1, 0.15) is 18.9 Å². The lowest BCUT2D eigenvalue weighted by Crippen LogP contribution is -2.22. The predicted molar refractivity (Wildman–Crippen MR) is 76.4 cm³/mol. The Labute approximate surface area is 109 Å². The lowest BCUT2D eigenvalue weighted by Gasteiger charge is -2.17. The summed E-state index contributed by atoms with van der Waals surface area (Å²) in [6, 6.07) is 3.14. The molecule has 2 aromatic heterocycles. The van der Waals surface area contributed by atoms with Crippen LogP contribution < -0.4 is 0 Å². The quantitative estimate of drug-likeness (QED) is 0.841. The molecule has 0 aliphatic rings. The Kier molecular flexibility index (Phi) is 3.82. The summed E-state index contributed by atoms with van der Waals surface area (Å²) in [5.74, 6) is 0.750. The monoisotopic (exact) mass is 263 g/mol. The third kappa shape index (κ3) is 3.40. The Morgan fingerprint density at radius 2 is 2.17 bits per heavy atom. The Morgan fingerprint density at radius 1 is 1.39 bits per heavy atom. The first kappa shape index (κ1) is 13.2. The molecule has 4 nitrogen and oxygen atoms in total. The van der Waals surface area contributed by atoms with Gasteiger partial charge in [0.05, 0.1) is 0 Å². The van der Waals surface area contributed by atoms with Gasteiger partial charge in [-0.25, -0.2) is 9.97 Å². The fraction of sp³-hybridized carbons (Fsp3) is 0.538. The van der Waals surface area contributed by atoms with E-state index in [2.05, 4.69) is 34.6 Å². The number of rotatable bonds is 5. The molecule has 18 heavy (non-hydrogen) atoms. The van der Waals surface area contributed by atoms with Crippen LogP contribution in [-0.2, 0) is 4.74 Å². The average molecular weight is 263 g/mol. The summed E-state index contributed by atoms with van der Waals surface area (Å²) in [6.45, 7) is 9.85. The number of H-pyrrole nitrogens is 1. The van der Waals surface area contributed by atoms with Gasteiger partial charge in [-0.05, 0) is 19.0 Å². The van der Waals surface area contributed by atoms with Gasteiger partial charge < -0.3 is 9.72 Å². The number of hydrogen-bond acceptors (Lipinski definition) is 3. The predicted octanol–water partition coefficient (Wildman–Crippen LogP) is 3.37. The minimum atomic E-state index is -1.03. The fourth-order valence-corrected chi connectivity index (χ4v) is 2.40. The van der Waals surface area contributed by atoms with E-state index in [-0.39, 0.29) is 6.10 Å². The normalized spacial score (nSPS) is 14.0. The van der Waals surface area contributed by atoms with Crippen LogP contribution in [0.25, 0.3) is 11.0 Å². The second-order valence-corrected chi connectivity index (χ2v) is 11.5. The average Bonchev–Trinajstić information content (AvgIpc) is 2.73. The van der Waals surface area contributed by atoms with E-state index in [1.807, 2.05) is 25.4 Å². The summed E-state index contributed by atoms with van der Waals surface area (Å²) in [5.41, 5.74) is 0.876. The summed E-state index contributed by atoms with van der Waals surface area (Å²) >= 11 is 0. The van der Waals surface area contributed by atoms with Gasteiger partial charge in [0.15, 0.2) is 5.82 Å². The molecule has 0 amide bonds. The molecule has 0 spiro atoms. The van der Waals surface area contributed by atoms with Gasteiger partial charge in [-0.1, -0.05) is 19.6 Å². The number of aromatic nitrogens is 3. The van der Waals surface area contributed by atoms with E-state index >= 15 is 0 Å². The van der Waals surface area contributed by atoms with Crippen molar-refractivity contribution in [2.45, 2.75) is 38.7 Å². The number of aromatic amines is 1. The van der Waals surface area contributed by atoms with Crippen LogP contribution >= 0.6 is 0 Å². The van der Waals surface area contributed by atoms with E-state index in [1.165, 1.54) is 6.04 Å². The molecule has 2 rings (SSSR count). The van der Waals surface area contributed by atoms with Gasteiger partial charge in [0.2, 0.25) is 0 Å². The standard InChI is InChI=1S/C13H21N3OSi/c1-10(17-7-8-18(2,3)4)12-15-9-11-5-6-14-13(11)16-12/h5-6,9-10H,7-8H2,1-4H3,(H,14,15,16). The third-order valence-electron chi connectivity index (χ3n) is 2.90. The molecule has 0 aliphatic carbocycles. The Morgan fingerprint density at radius 3 is 2.89 bits per heavy atom. The van der Waals surface area contributed by atoms with E-state index in [1.54, 1.807) is 0 Å². The van der Waals surface area contributed by atoms with Gasteiger partial charge in [0, 0.05) is 32.5 Å². The fourth-order valence-electron chi connectivity index (χ4n) is 1.67. The molecule has 0 fully saturated rings. The van der Waals surface area contributed by atoms with Crippen LogP contribution in [0.4, 0.5) is 0 Å². The van der Waals surface area contributed by atoms with Crippen LogP contribution in [0.3, 0.4) is 0 Å². The van der Waals surface area contributed by atoms with Crippen molar-refractivity contribution >= 4 is 19.1 Å². The second-order valence-electron chi connectivity index (χ2n) is 5.83. The molecule has 1 N–H and O–H groups in total. The van der Waals surface area contributed by atoms with Crippen molar-refractivity contribution in [3.05, 3.63) is 24.3 Å². The van der Waals surface area contributed by atoms with Gasteiger partial charge in [0.1, 0.15) is 11.8 Å². The van der Waals surface area contributed by atoms with Crippen LogP contribution in [-0.4, -0.2) is 29.6 Å². The SMILES string of the molecule is CC(OCC[Si](C)(C)C)c1ncc2cc[nH]c2n1. The largest absolute Gasteiger partial charge is 0.371 e.